The standard InChI is InChI=1S/C45H52NO2PS2/c1-8-50(6,9-2)40-30-36-26-18-20-28-38(36)42-43-39-29-21-19-27-37(39)31-41(51(7,10-3)11-4)45(43)48-49(47-44(40)42)46(32-34-22-14-12-15-23-34)33(5)35-24-16-13-17-25-35/h12-31,33H,8-11,32H2,1-7H3/t33-/m1/s1. The van der Waals surface area contributed by atoms with E-state index in [1.165, 1.54) is 53.2 Å². The predicted octanol–water partition coefficient (Wildman–Crippen LogP) is 14.2. The van der Waals surface area contributed by atoms with Gasteiger partial charge in [-0.25, -0.2) is 20.1 Å². The van der Waals surface area contributed by atoms with Crippen molar-refractivity contribution in [1.29, 1.82) is 0 Å². The normalized spacial score (nSPS) is 13.7. The topological polar surface area (TPSA) is 29.5 Å². The molecule has 0 N–H and O–H groups in total. The van der Waals surface area contributed by atoms with Crippen LogP contribution >= 0.6 is 28.2 Å². The molecular formula is C45H52NO2PS2. The maximum absolute atomic E-state index is 7.69. The molecule has 0 amide bonds. The Labute approximate surface area is 308 Å². The van der Waals surface area contributed by atoms with E-state index < -0.39 is 28.2 Å². The summed E-state index contributed by atoms with van der Waals surface area (Å²) in [6.07, 6.45) is 4.99. The number of hydrogen-bond donors (Lipinski definition) is 0. The molecule has 3 nitrogen and oxygen atoms in total. The molecule has 0 saturated heterocycles. The van der Waals surface area contributed by atoms with E-state index in [1.54, 1.807) is 0 Å². The number of benzene rings is 6. The van der Waals surface area contributed by atoms with Crippen LogP contribution in [-0.2, 0) is 6.54 Å². The van der Waals surface area contributed by atoms with Gasteiger partial charge in [-0.15, -0.1) is 0 Å². The number of fused-ring (bicyclic) bond motifs is 7. The lowest BCUT2D eigenvalue weighted by atomic mass is 9.98. The van der Waals surface area contributed by atoms with Crippen molar-refractivity contribution in [2.45, 2.75) is 57.0 Å². The van der Waals surface area contributed by atoms with Gasteiger partial charge in [0.1, 0.15) is 0 Å². The molecule has 7 aromatic rings. The number of hydrogen-bond acceptors (Lipinski definition) is 3. The Bertz CT molecular complexity index is 2230. The lowest BCUT2D eigenvalue weighted by molar-refractivity contribution is 0.588. The van der Waals surface area contributed by atoms with Crippen LogP contribution in [0, 0.1) is 0 Å². The van der Waals surface area contributed by atoms with E-state index in [2.05, 4.69) is 173 Å². The van der Waals surface area contributed by atoms with Crippen LogP contribution in [0.4, 0.5) is 0 Å². The third-order valence-corrected chi connectivity index (χ3v) is 20.7. The van der Waals surface area contributed by atoms with Crippen molar-refractivity contribution in [2.24, 2.45) is 0 Å². The quantitative estimate of drug-likeness (QED) is 0.133. The van der Waals surface area contributed by atoms with Crippen LogP contribution in [0.15, 0.2) is 140 Å². The molecule has 0 saturated carbocycles. The molecule has 51 heavy (non-hydrogen) atoms. The molecule has 1 atom stereocenters. The summed E-state index contributed by atoms with van der Waals surface area (Å²) in [4.78, 5) is 2.71. The molecule has 0 aliphatic carbocycles. The first kappa shape index (κ1) is 35.8. The molecule has 1 heterocycles. The van der Waals surface area contributed by atoms with Crippen LogP contribution in [-0.4, -0.2) is 35.5 Å². The minimum Gasteiger partial charge on any atom is -0.407 e. The number of rotatable bonds is 11. The van der Waals surface area contributed by atoms with Gasteiger partial charge in [-0.3, -0.25) is 0 Å². The molecule has 7 rings (SSSR count). The summed E-state index contributed by atoms with van der Waals surface area (Å²) in [6.45, 7) is 12.4. The first-order chi connectivity index (χ1) is 24.7. The van der Waals surface area contributed by atoms with E-state index in [-0.39, 0.29) is 6.04 Å². The van der Waals surface area contributed by atoms with Gasteiger partial charge < -0.3 is 8.39 Å². The summed E-state index contributed by atoms with van der Waals surface area (Å²) in [5, 5.41) is 7.38. The van der Waals surface area contributed by atoms with Gasteiger partial charge >= 0.3 is 8.16 Å². The highest BCUT2D eigenvalue weighted by Crippen LogP contribution is 2.60. The van der Waals surface area contributed by atoms with Crippen LogP contribution in [0.1, 0.15) is 51.8 Å². The Balaban J connectivity index is 1.76. The Morgan fingerprint density at radius 2 is 0.980 bits per heavy atom. The molecule has 0 aliphatic rings. The minimum atomic E-state index is -1.62. The highest BCUT2D eigenvalue weighted by atomic mass is 32.3. The van der Waals surface area contributed by atoms with Crippen molar-refractivity contribution in [3.63, 3.8) is 0 Å². The zero-order valence-electron chi connectivity index (χ0n) is 31.2. The van der Waals surface area contributed by atoms with Crippen molar-refractivity contribution in [2.75, 3.05) is 40.2 Å². The van der Waals surface area contributed by atoms with Crippen molar-refractivity contribution < 1.29 is 8.39 Å². The molecule has 0 aliphatic heterocycles. The third kappa shape index (κ3) is 6.53. The minimum absolute atomic E-state index is 0.0440. The summed E-state index contributed by atoms with van der Waals surface area (Å²) >= 11 is 0. The summed E-state index contributed by atoms with van der Waals surface area (Å²) in [6, 6.07) is 44.5. The maximum atomic E-state index is 7.69. The van der Waals surface area contributed by atoms with Gasteiger partial charge in [-0.05, 0) is 87.3 Å². The van der Waals surface area contributed by atoms with Crippen molar-refractivity contribution in [3.05, 3.63) is 132 Å². The average Bonchev–Trinajstić information content (AvgIpc) is 3.37. The van der Waals surface area contributed by atoms with Crippen LogP contribution in [0.25, 0.3) is 43.5 Å². The van der Waals surface area contributed by atoms with E-state index in [4.69, 9.17) is 8.39 Å². The molecule has 1 aromatic heterocycles. The zero-order chi connectivity index (χ0) is 35.8. The highest BCUT2D eigenvalue weighted by Gasteiger charge is 2.30. The maximum Gasteiger partial charge on any atom is 0.310 e. The van der Waals surface area contributed by atoms with Gasteiger partial charge in [0, 0.05) is 33.2 Å². The van der Waals surface area contributed by atoms with Gasteiger partial charge in [0.05, 0.1) is 0 Å². The Hall–Kier alpha value is -3.60. The second-order valence-corrected chi connectivity index (χ2v) is 23.5. The van der Waals surface area contributed by atoms with Gasteiger partial charge in [-0.1, -0.05) is 137 Å². The molecule has 0 bridgehead atoms. The fraction of sp³-hybridized carbons (Fsp3) is 0.289. The van der Waals surface area contributed by atoms with Crippen LogP contribution in [0.2, 0.25) is 0 Å². The largest absolute Gasteiger partial charge is 0.407 e. The van der Waals surface area contributed by atoms with E-state index in [0.29, 0.717) is 6.54 Å². The molecule has 0 spiro atoms. The van der Waals surface area contributed by atoms with E-state index in [1.807, 2.05) is 0 Å². The third-order valence-electron chi connectivity index (χ3n) is 11.3. The van der Waals surface area contributed by atoms with Crippen LogP contribution < -0.4 is 4.67 Å². The molecule has 6 aromatic carbocycles. The van der Waals surface area contributed by atoms with Crippen molar-refractivity contribution in [3.8, 4) is 0 Å². The van der Waals surface area contributed by atoms with Crippen molar-refractivity contribution in [1.82, 2.24) is 0 Å². The lowest BCUT2D eigenvalue weighted by Crippen LogP contribution is -2.23. The van der Waals surface area contributed by atoms with Crippen molar-refractivity contribution >= 4 is 71.7 Å². The summed E-state index contributed by atoms with van der Waals surface area (Å²) < 4.78 is 17.9. The Kier molecular flexibility index (Phi) is 10.4. The molecule has 6 heteroatoms. The van der Waals surface area contributed by atoms with Crippen LogP contribution in [0.3, 0.4) is 0 Å². The first-order valence-electron chi connectivity index (χ1n) is 18.4. The average molecular weight is 734 g/mol. The molecule has 0 radical (unpaired) electrons. The van der Waals surface area contributed by atoms with E-state index >= 15 is 0 Å². The molecule has 266 valence electrons. The zero-order valence-corrected chi connectivity index (χ0v) is 33.7. The van der Waals surface area contributed by atoms with Gasteiger partial charge in [0.15, 0.2) is 11.2 Å². The summed E-state index contributed by atoms with van der Waals surface area (Å²) in [7, 11) is -4.04. The second kappa shape index (κ2) is 14.8. The number of nitrogens with zero attached hydrogens (tertiary/aromatic N) is 1. The SMILES string of the molecule is CCS(C)(CC)c1cc2ccccc2c2c1op(N(Cc1ccccc1)[C@H](C)c1ccccc1)oc1c(S(C)(CC)CC)cc3ccccc3c12. The van der Waals surface area contributed by atoms with E-state index in [0.717, 1.165) is 34.2 Å². The second-order valence-electron chi connectivity index (χ2n) is 13.9. The predicted molar refractivity (Wildman–Crippen MR) is 230 cm³/mol. The smallest absolute Gasteiger partial charge is 0.310 e. The summed E-state index contributed by atoms with van der Waals surface area (Å²) in [5.41, 5.74) is 4.53. The van der Waals surface area contributed by atoms with Gasteiger partial charge in [0.25, 0.3) is 0 Å². The van der Waals surface area contributed by atoms with E-state index in [9.17, 15) is 0 Å². The molecule has 0 fully saturated rings. The molecule has 0 unspecified atom stereocenters. The highest BCUT2D eigenvalue weighted by molar-refractivity contribution is 8.33. The molecular weight excluding hydrogens is 682 g/mol. The fourth-order valence-electron chi connectivity index (χ4n) is 7.34. The fourth-order valence-corrected chi connectivity index (χ4v) is 13.2. The Morgan fingerprint density at radius 3 is 1.43 bits per heavy atom. The van der Waals surface area contributed by atoms with Gasteiger partial charge in [-0.2, -0.15) is 4.67 Å². The summed E-state index contributed by atoms with van der Waals surface area (Å²) in [5.74, 6) is 4.36. The van der Waals surface area contributed by atoms with Crippen LogP contribution in [0.5, 0.6) is 0 Å². The first-order valence-corrected chi connectivity index (χ1v) is 24.2. The van der Waals surface area contributed by atoms with Gasteiger partial charge in [0.2, 0.25) is 0 Å². The Morgan fingerprint density at radius 1 is 0.569 bits per heavy atom. The monoisotopic (exact) mass is 733 g/mol. The lowest BCUT2D eigenvalue weighted by Gasteiger charge is -2.35.